The first-order chi connectivity index (χ1) is 13.2. The molecule has 27 heavy (non-hydrogen) atoms. The maximum Gasteiger partial charge on any atom is 0.276 e. The van der Waals surface area contributed by atoms with E-state index in [-0.39, 0.29) is 18.2 Å². The second kappa shape index (κ2) is 7.61. The highest BCUT2D eigenvalue weighted by Gasteiger charge is 2.28. The Bertz CT molecular complexity index is 913. The fourth-order valence-electron chi connectivity index (χ4n) is 3.21. The summed E-state index contributed by atoms with van der Waals surface area (Å²) in [5.74, 6) is 0.435. The van der Waals surface area contributed by atoms with Crippen molar-refractivity contribution in [1.29, 1.82) is 0 Å². The van der Waals surface area contributed by atoms with Crippen molar-refractivity contribution >= 4 is 5.91 Å². The first kappa shape index (κ1) is 17.3. The average Bonchev–Trinajstić information content (AvgIpc) is 3.21. The molecule has 1 unspecified atom stereocenters. The van der Waals surface area contributed by atoms with Gasteiger partial charge in [-0.15, -0.1) is 0 Å². The monoisotopic (exact) mass is 367 g/mol. The number of carbonyl (C=O) groups excluding carboxylic acids is 1. The van der Waals surface area contributed by atoms with Crippen LogP contribution in [-0.4, -0.2) is 44.0 Å². The molecule has 0 N–H and O–H groups in total. The lowest BCUT2D eigenvalue weighted by molar-refractivity contribution is -0.131. The molecule has 0 radical (unpaired) electrons. The van der Waals surface area contributed by atoms with Crippen LogP contribution in [0.25, 0.3) is 11.6 Å². The van der Waals surface area contributed by atoms with E-state index in [1.165, 1.54) is 12.3 Å². The molecule has 0 spiro atoms. The van der Waals surface area contributed by atoms with Crippen LogP contribution in [0.3, 0.4) is 0 Å². The molecule has 1 amide bonds. The van der Waals surface area contributed by atoms with Crippen molar-refractivity contribution in [1.82, 2.24) is 25.0 Å². The fourth-order valence-corrected chi connectivity index (χ4v) is 3.21. The first-order valence-corrected chi connectivity index (χ1v) is 8.82. The molecule has 4 heterocycles. The first-order valence-electron chi connectivity index (χ1n) is 8.82. The maximum absolute atomic E-state index is 12.9. The van der Waals surface area contributed by atoms with Crippen molar-refractivity contribution in [3.8, 4) is 11.6 Å². The third kappa shape index (κ3) is 3.99. The number of halogens is 1. The van der Waals surface area contributed by atoms with Crippen LogP contribution in [0.2, 0.25) is 0 Å². The topological polar surface area (TPSA) is 85.0 Å². The highest BCUT2D eigenvalue weighted by molar-refractivity contribution is 5.78. The standard InChI is InChI=1S/C19H18FN5O2/c20-16-7-6-13(11-22-16)10-17(26)25-9-3-4-14(12-25)18-23-19(27-24-18)15-5-1-2-8-21-15/h1-2,5-8,11,14H,3-4,9-10,12H2. The molecule has 7 nitrogen and oxygen atoms in total. The summed E-state index contributed by atoms with van der Waals surface area (Å²) < 4.78 is 18.2. The van der Waals surface area contributed by atoms with E-state index in [1.807, 2.05) is 18.2 Å². The number of likely N-dealkylation sites (tertiary alicyclic amines) is 1. The summed E-state index contributed by atoms with van der Waals surface area (Å²) in [5, 5.41) is 4.09. The van der Waals surface area contributed by atoms with E-state index >= 15 is 0 Å². The number of aromatic nitrogens is 4. The zero-order chi connectivity index (χ0) is 18.6. The normalized spacial score (nSPS) is 17.1. The highest BCUT2D eigenvalue weighted by atomic mass is 19.1. The zero-order valence-electron chi connectivity index (χ0n) is 14.6. The number of piperidine rings is 1. The molecule has 0 saturated carbocycles. The smallest absolute Gasteiger partial charge is 0.276 e. The van der Waals surface area contributed by atoms with Gasteiger partial charge in [0.05, 0.1) is 6.42 Å². The zero-order valence-corrected chi connectivity index (χ0v) is 14.6. The quantitative estimate of drug-likeness (QED) is 0.659. The molecule has 0 bridgehead atoms. The minimum atomic E-state index is -0.551. The van der Waals surface area contributed by atoms with Gasteiger partial charge in [0.1, 0.15) is 5.69 Å². The molecule has 1 fully saturated rings. The maximum atomic E-state index is 12.9. The van der Waals surface area contributed by atoms with Crippen LogP contribution >= 0.6 is 0 Å². The average molecular weight is 367 g/mol. The molecule has 3 aromatic heterocycles. The van der Waals surface area contributed by atoms with E-state index in [1.54, 1.807) is 17.2 Å². The summed E-state index contributed by atoms with van der Waals surface area (Å²) in [6.45, 7) is 1.23. The third-order valence-corrected chi connectivity index (χ3v) is 4.61. The Balaban J connectivity index is 1.43. The molecular formula is C19H18FN5O2. The van der Waals surface area contributed by atoms with E-state index < -0.39 is 5.95 Å². The summed E-state index contributed by atoms with van der Waals surface area (Å²) in [4.78, 5) is 26.7. The lowest BCUT2D eigenvalue weighted by Crippen LogP contribution is -2.40. The molecule has 3 aromatic rings. The molecule has 4 rings (SSSR count). The Morgan fingerprint density at radius 3 is 2.96 bits per heavy atom. The van der Waals surface area contributed by atoms with Crippen molar-refractivity contribution in [2.75, 3.05) is 13.1 Å². The van der Waals surface area contributed by atoms with E-state index in [9.17, 15) is 9.18 Å². The summed E-state index contributed by atoms with van der Waals surface area (Å²) in [6.07, 6.45) is 5.03. The summed E-state index contributed by atoms with van der Waals surface area (Å²) >= 11 is 0. The lowest BCUT2D eigenvalue weighted by atomic mass is 9.97. The number of rotatable bonds is 4. The van der Waals surface area contributed by atoms with Crippen molar-refractivity contribution in [2.24, 2.45) is 0 Å². The fraction of sp³-hybridized carbons (Fsp3) is 0.316. The minimum Gasteiger partial charge on any atom is -0.342 e. The van der Waals surface area contributed by atoms with E-state index in [0.29, 0.717) is 36.1 Å². The predicted molar refractivity (Wildman–Crippen MR) is 94.0 cm³/mol. The largest absolute Gasteiger partial charge is 0.342 e. The van der Waals surface area contributed by atoms with Gasteiger partial charge < -0.3 is 9.42 Å². The van der Waals surface area contributed by atoms with Crippen LogP contribution in [0.4, 0.5) is 4.39 Å². The van der Waals surface area contributed by atoms with Gasteiger partial charge in [-0.2, -0.15) is 9.37 Å². The van der Waals surface area contributed by atoms with Crippen molar-refractivity contribution in [3.05, 3.63) is 60.1 Å². The van der Waals surface area contributed by atoms with Crippen LogP contribution < -0.4 is 0 Å². The third-order valence-electron chi connectivity index (χ3n) is 4.61. The van der Waals surface area contributed by atoms with Crippen LogP contribution in [0.15, 0.2) is 47.2 Å². The van der Waals surface area contributed by atoms with Crippen LogP contribution in [0, 0.1) is 5.95 Å². The molecule has 138 valence electrons. The molecule has 1 aliphatic rings. The number of hydrogen-bond donors (Lipinski definition) is 0. The predicted octanol–water partition coefficient (Wildman–Crippen LogP) is 2.61. The Hall–Kier alpha value is -3.16. The van der Waals surface area contributed by atoms with Gasteiger partial charge >= 0.3 is 0 Å². The van der Waals surface area contributed by atoms with Crippen molar-refractivity contribution in [3.63, 3.8) is 0 Å². The second-order valence-corrected chi connectivity index (χ2v) is 6.52. The van der Waals surface area contributed by atoms with E-state index in [2.05, 4.69) is 20.1 Å². The molecule has 0 aliphatic carbocycles. The summed E-state index contributed by atoms with van der Waals surface area (Å²) in [6, 6.07) is 8.34. The van der Waals surface area contributed by atoms with Gasteiger partial charge in [-0.25, -0.2) is 4.98 Å². The second-order valence-electron chi connectivity index (χ2n) is 6.52. The molecular weight excluding hydrogens is 349 g/mol. The number of carbonyl (C=O) groups is 1. The summed E-state index contributed by atoms with van der Waals surface area (Å²) in [5.41, 5.74) is 1.32. The van der Waals surface area contributed by atoms with Crippen molar-refractivity contribution in [2.45, 2.75) is 25.2 Å². The highest BCUT2D eigenvalue weighted by Crippen LogP contribution is 2.27. The number of nitrogens with zero attached hydrogens (tertiary/aromatic N) is 5. The van der Waals surface area contributed by atoms with Crippen LogP contribution in [0.1, 0.15) is 30.1 Å². The Morgan fingerprint density at radius 2 is 2.19 bits per heavy atom. The van der Waals surface area contributed by atoms with Gasteiger partial charge in [0, 0.05) is 31.4 Å². The van der Waals surface area contributed by atoms with Gasteiger partial charge in [0.2, 0.25) is 11.9 Å². The van der Waals surface area contributed by atoms with E-state index in [4.69, 9.17) is 4.52 Å². The molecule has 1 atom stereocenters. The van der Waals surface area contributed by atoms with Crippen molar-refractivity contribution < 1.29 is 13.7 Å². The Morgan fingerprint density at radius 1 is 1.26 bits per heavy atom. The molecule has 8 heteroatoms. The Labute approximate surface area is 155 Å². The number of pyridine rings is 2. The molecule has 0 aromatic carbocycles. The van der Waals surface area contributed by atoms with Gasteiger partial charge in [-0.1, -0.05) is 17.3 Å². The van der Waals surface area contributed by atoms with Gasteiger partial charge in [-0.3, -0.25) is 9.78 Å². The summed E-state index contributed by atoms with van der Waals surface area (Å²) in [7, 11) is 0. The van der Waals surface area contributed by atoms with Crippen LogP contribution in [0.5, 0.6) is 0 Å². The lowest BCUT2D eigenvalue weighted by Gasteiger charge is -2.31. The Kier molecular flexibility index (Phi) is 4.86. The number of amides is 1. The SMILES string of the molecule is O=C(Cc1ccc(F)nc1)N1CCCC(c2noc(-c3ccccn3)n2)C1. The van der Waals surface area contributed by atoms with E-state index in [0.717, 1.165) is 12.8 Å². The van der Waals surface area contributed by atoms with Gasteiger partial charge in [0.15, 0.2) is 5.82 Å². The van der Waals surface area contributed by atoms with Gasteiger partial charge in [0.25, 0.3) is 5.89 Å². The van der Waals surface area contributed by atoms with Gasteiger partial charge in [-0.05, 0) is 36.6 Å². The molecule has 1 aliphatic heterocycles. The minimum absolute atomic E-state index is 0.0125. The number of hydrogen-bond acceptors (Lipinski definition) is 6. The van der Waals surface area contributed by atoms with Crippen LogP contribution in [-0.2, 0) is 11.2 Å². The molecule has 1 saturated heterocycles.